The van der Waals surface area contributed by atoms with Crippen LogP contribution in [0.15, 0.2) is 48.6 Å². The van der Waals surface area contributed by atoms with Gasteiger partial charge in [-0.2, -0.15) is 8.42 Å². The average molecular weight is 789 g/mol. The van der Waals surface area contributed by atoms with Crippen molar-refractivity contribution < 1.29 is 56.2 Å². The molecule has 13 heteroatoms. The smallest absolute Gasteiger partial charge is 0.397 e. The first-order chi connectivity index (χ1) is 26.1. The minimum atomic E-state index is -5.05. The van der Waals surface area contributed by atoms with Crippen LogP contribution in [-0.2, 0) is 38.3 Å². The van der Waals surface area contributed by atoms with E-state index in [-0.39, 0.29) is 19.6 Å². The molecule has 0 spiro atoms. The molecular formula is C41H72O12S. The number of allylic oxidation sites excluding steroid dienone is 8. The molecule has 1 heterocycles. The highest BCUT2D eigenvalue weighted by Crippen LogP contribution is 2.26. The van der Waals surface area contributed by atoms with Crippen LogP contribution in [-0.4, -0.2) is 97.5 Å². The molecule has 1 saturated heterocycles. The monoisotopic (exact) mass is 788 g/mol. The highest BCUT2D eigenvalue weighted by molar-refractivity contribution is 7.80. The van der Waals surface area contributed by atoms with Gasteiger partial charge in [0.15, 0.2) is 6.29 Å². The van der Waals surface area contributed by atoms with Crippen molar-refractivity contribution in [2.24, 2.45) is 0 Å². The Labute approximate surface area is 326 Å². The summed E-state index contributed by atoms with van der Waals surface area (Å²) in [5, 5.41) is 30.4. The molecule has 0 aliphatic carbocycles. The molecule has 314 valence electrons. The van der Waals surface area contributed by atoms with Gasteiger partial charge >= 0.3 is 16.4 Å². The molecule has 1 rings (SSSR count). The minimum Gasteiger partial charge on any atom is -0.457 e. The van der Waals surface area contributed by atoms with Crippen molar-refractivity contribution in [3.05, 3.63) is 48.6 Å². The Morgan fingerprint density at radius 1 is 0.722 bits per heavy atom. The topological polar surface area (TPSA) is 178 Å². The zero-order valence-electron chi connectivity index (χ0n) is 33.0. The number of rotatable bonds is 34. The van der Waals surface area contributed by atoms with Crippen molar-refractivity contribution in [3.8, 4) is 0 Å². The van der Waals surface area contributed by atoms with E-state index in [2.05, 4.69) is 66.6 Å². The minimum absolute atomic E-state index is 0.0301. The molecule has 0 amide bonds. The van der Waals surface area contributed by atoms with Gasteiger partial charge in [-0.25, -0.2) is 4.18 Å². The van der Waals surface area contributed by atoms with Crippen molar-refractivity contribution in [3.63, 3.8) is 0 Å². The van der Waals surface area contributed by atoms with E-state index in [1.54, 1.807) is 0 Å². The van der Waals surface area contributed by atoms with Crippen LogP contribution in [0.5, 0.6) is 0 Å². The largest absolute Gasteiger partial charge is 0.457 e. The number of ether oxygens (including phenoxy) is 4. The quantitative estimate of drug-likeness (QED) is 0.0217. The summed E-state index contributed by atoms with van der Waals surface area (Å²) in [6.07, 6.45) is 29.2. The fraction of sp³-hybridized carbons (Fsp3) is 0.780. The number of aliphatic hydroxyl groups is 3. The second-order valence-corrected chi connectivity index (χ2v) is 14.9. The van der Waals surface area contributed by atoms with Crippen molar-refractivity contribution in [2.75, 3.05) is 26.4 Å². The Kier molecular flexibility index (Phi) is 30.8. The van der Waals surface area contributed by atoms with Crippen molar-refractivity contribution >= 4 is 16.4 Å². The van der Waals surface area contributed by atoms with Gasteiger partial charge in [0.1, 0.15) is 30.5 Å². The zero-order valence-corrected chi connectivity index (χ0v) is 33.8. The average Bonchev–Trinajstić information content (AvgIpc) is 3.14. The maximum atomic E-state index is 12.6. The molecule has 54 heavy (non-hydrogen) atoms. The summed E-state index contributed by atoms with van der Waals surface area (Å²) in [6.45, 7) is 3.74. The van der Waals surface area contributed by atoms with Crippen molar-refractivity contribution in [1.29, 1.82) is 0 Å². The van der Waals surface area contributed by atoms with Gasteiger partial charge in [-0.15, -0.1) is 0 Å². The van der Waals surface area contributed by atoms with E-state index in [0.717, 1.165) is 77.0 Å². The second kappa shape index (κ2) is 33.2. The molecule has 0 aromatic heterocycles. The Morgan fingerprint density at radius 2 is 1.28 bits per heavy atom. The molecule has 4 N–H and O–H groups in total. The maximum Gasteiger partial charge on any atom is 0.397 e. The molecule has 1 aliphatic heterocycles. The lowest BCUT2D eigenvalue weighted by atomic mass is 9.99. The fourth-order valence-electron chi connectivity index (χ4n) is 5.90. The number of hydrogen-bond acceptors (Lipinski definition) is 11. The van der Waals surface area contributed by atoms with E-state index in [0.29, 0.717) is 13.0 Å². The number of carbonyl (C=O) groups excluding carboxylic acids is 1. The molecule has 0 saturated carbocycles. The summed E-state index contributed by atoms with van der Waals surface area (Å²) >= 11 is 0. The predicted molar refractivity (Wildman–Crippen MR) is 211 cm³/mol. The van der Waals surface area contributed by atoms with E-state index < -0.39 is 59.8 Å². The highest BCUT2D eigenvalue weighted by Gasteiger charge is 2.48. The number of esters is 1. The SMILES string of the molecule is CC/C=C\C/C=C\C/C=C\C/C=C\CCCCCCCCCCCOCC(COC1OC(CO)C(O)C(OS(=O)(=O)O)C1O)OC(=O)CCCCCCC. The summed E-state index contributed by atoms with van der Waals surface area (Å²) in [5.74, 6) is -0.417. The highest BCUT2D eigenvalue weighted by atomic mass is 32.3. The molecule has 0 aromatic rings. The third-order valence-electron chi connectivity index (χ3n) is 8.97. The van der Waals surface area contributed by atoms with Crippen LogP contribution >= 0.6 is 0 Å². The Balaban J connectivity index is 2.31. The Morgan fingerprint density at radius 3 is 1.87 bits per heavy atom. The Bertz CT molecular complexity index is 1140. The lowest BCUT2D eigenvalue weighted by molar-refractivity contribution is -0.301. The Hall–Kier alpha value is -1.94. The normalized spacial score (nSPS) is 21.6. The molecule has 0 bridgehead atoms. The molecule has 0 radical (unpaired) electrons. The van der Waals surface area contributed by atoms with Gasteiger partial charge in [-0.1, -0.05) is 133 Å². The van der Waals surface area contributed by atoms with Crippen LogP contribution in [0.1, 0.15) is 142 Å². The van der Waals surface area contributed by atoms with Crippen LogP contribution in [0.4, 0.5) is 0 Å². The van der Waals surface area contributed by atoms with Gasteiger partial charge in [0, 0.05) is 13.0 Å². The fourth-order valence-corrected chi connectivity index (χ4v) is 6.41. The van der Waals surface area contributed by atoms with Crippen LogP contribution in [0.3, 0.4) is 0 Å². The van der Waals surface area contributed by atoms with E-state index in [1.165, 1.54) is 38.5 Å². The molecule has 0 aromatic carbocycles. The van der Waals surface area contributed by atoms with E-state index in [4.69, 9.17) is 23.5 Å². The number of aliphatic hydroxyl groups excluding tert-OH is 3. The number of unbranched alkanes of at least 4 members (excludes halogenated alkanes) is 13. The number of carbonyl (C=O) groups is 1. The molecular weight excluding hydrogens is 717 g/mol. The van der Waals surface area contributed by atoms with Gasteiger partial charge in [0.05, 0.1) is 19.8 Å². The molecule has 1 aliphatic rings. The van der Waals surface area contributed by atoms with Crippen molar-refractivity contribution in [2.45, 2.75) is 179 Å². The van der Waals surface area contributed by atoms with Gasteiger partial charge in [0.2, 0.25) is 0 Å². The van der Waals surface area contributed by atoms with Gasteiger partial charge < -0.3 is 34.3 Å². The van der Waals surface area contributed by atoms with Gasteiger partial charge in [0.25, 0.3) is 0 Å². The lowest BCUT2D eigenvalue weighted by Crippen LogP contribution is -2.60. The number of hydrogen-bond donors (Lipinski definition) is 4. The van der Waals surface area contributed by atoms with E-state index >= 15 is 0 Å². The molecule has 6 atom stereocenters. The zero-order chi connectivity index (χ0) is 39.7. The van der Waals surface area contributed by atoms with Crippen LogP contribution in [0.2, 0.25) is 0 Å². The summed E-state index contributed by atoms with van der Waals surface area (Å²) in [5.41, 5.74) is 0. The summed E-state index contributed by atoms with van der Waals surface area (Å²) in [6, 6.07) is 0. The van der Waals surface area contributed by atoms with Crippen molar-refractivity contribution in [1.82, 2.24) is 0 Å². The first-order valence-electron chi connectivity index (χ1n) is 20.4. The second-order valence-electron chi connectivity index (χ2n) is 13.9. The van der Waals surface area contributed by atoms with Gasteiger partial charge in [-0.05, 0) is 51.4 Å². The van der Waals surface area contributed by atoms with Crippen LogP contribution < -0.4 is 0 Å². The van der Waals surface area contributed by atoms with Gasteiger partial charge in [-0.3, -0.25) is 9.35 Å². The third-order valence-corrected chi connectivity index (χ3v) is 9.43. The lowest BCUT2D eigenvalue weighted by Gasteiger charge is -2.41. The summed E-state index contributed by atoms with van der Waals surface area (Å²) in [7, 11) is -5.05. The van der Waals surface area contributed by atoms with E-state index in [1.807, 2.05) is 0 Å². The standard InChI is InChI=1S/C41H72O12S/c1-3-5-7-9-10-11-12-13-14-15-16-17-18-19-20-21-22-23-24-25-27-29-31-49-33-35(51-37(43)30-28-26-8-6-4-2)34-50-41-39(45)40(53-54(46,47)48)38(44)36(32-42)52-41/h5,7,10-11,13-14,16-17,35-36,38-42,44-45H,3-4,6,8-9,12,15,18-34H2,1-2H3,(H,46,47,48)/b7-5-,11-10-,14-13-,17-16-. The summed E-state index contributed by atoms with van der Waals surface area (Å²) < 4.78 is 58.6. The van der Waals surface area contributed by atoms with Crippen LogP contribution in [0.25, 0.3) is 0 Å². The molecule has 12 nitrogen and oxygen atoms in total. The first kappa shape index (κ1) is 50.1. The first-order valence-corrected chi connectivity index (χ1v) is 21.8. The molecule has 1 fully saturated rings. The maximum absolute atomic E-state index is 12.6. The van der Waals surface area contributed by atoms with E-state index in [9.17, 15) is 28.5 Å². The summed E-state index contributed by atoms with van der Waals surface area (Å²) in [4.78, 5) is 12.6. The van der Waals surface area contributed by atoms with Crippen LogP contribution in [0, 0.1) is 0 Å². The third kappa shape index (κ3) is 26.8. The predicted octanol–water partition coefficient (Wildman–Crippen LogP) is 7.63. The molecule has 6 unspecified atom stereocenters.